The summed E-state index contributed by atoms with van der Waals surface area (Å²) in [5.41, 5.74) is 0. The summed E-state index contributed by atoms with van der Waals surface area (Å²) < 4.78 is 36.9. The van der Waals surface area contributed by atoms with Gasteiger partial charge in [0.1, 0.15) is 0 Å². The topological polar surface area (TPSA) is 80.7 Å². The largest absolute Gasteiger partial charge is 0.436 e. The highest BCUT2D eigenvalue weighted by molar-refractivity contribution is 7.87. The third kappa shape index (κ3) is 3.68. The van der Waals surface area contributed by atoms with Crippen molar-refractivity contribution in [2.45, 2.75) is 44.0 Å². The molecular formula is C12H18O5S. The maximum atomic E-state index is 11.6. The van der Waals surface area contributed by atoms with Gasteiger partial charge in [0.2, 0.25) is 0 Å². The van der Waals surface area contributed by atoms with E-state index in [4.69, 9.17) is 4.74 Å². The second kappa shape index (κ2) is 6.15. The van der Waals surface area contributed by atoms with Crippen LogP contribution in [0.15, 0.2) is 24.3 Å². The maximum absolute atomic E-state index is 11.6. The van der Waals surface area contributed by atoms with Crippen molar-refractivity contribution in [3.63, 3.8) is 0 Å². The number of rotatable bonds is 6. The van der Waals surface area contributed by atoms with Crippen LogP contribution in [0, 0.1) is 0 Å². The number of hydrogen-bond donors (Lipinski definition) is 1. The first-order chi connectivity index (χ1) is 8.41. The van der Waals surface area contributed by atoms with Crippen LogP contribution < -0.4 is 0 Å². The molecule has 1 N–H and O–H groups in total. The predicted octanol–water partition coefficient (Wildman–Crippen LogP) is 2.21. The molecule has 0 heterocycles. The molecule has 5 nitrogen and oxygen atoms in total. The smallest absolute Gasteiger partial charge is 0.310 e. The molecule has 1 aliphatic carbocycles. The lowest BCUT2D eigenvalue weighted by Gasteiger charge is -2.27. The molecule has 0 amide bonds. The van der Waals surface area contributed by atoms with Gasteiger partial charge in [0.15, 0.2) is 0 Å². The van der Waals surface area contributed by atoms with Crippen LogP contribution in [-0.4, -0.2) is 23.9 Å². The SMILES string of the molecule is CCCCCC(=O)OC1(S(=O)(=O)O)C=CC=CC1. The summed E-state index contributed by atoms with van der Waals surface area (Å²) in [6.45, 7) is 2.00. The molecule has 0 aromatic heterocycles. The molecule has 6 heteroatoms. The summed E-state index contributed by atoms with van der Waals surface area (Å²) in [7, 11) is -4.49. The number of ether oxygens (including phenoxy) is 1. The van der Waals surface area contributed by atoms with Crippen molar-refractivity contribution in [1.82, 2.24) is 0 Å². The van der Waals surface area contributed by atoms with Gasteiger partial charge in [-0.05, 0) is 12.5 Å². The fraction of sp³-hybridized carbons (Fsp3) is 0.583. The Kier molecular flexibility index (Phi) is 5.10. The second-order valence-corrected chi connectivity index (χ2v) is 5.85. The van der Waals surface area contributed by atoms with E-state index in [2.05, 4.69) is 0 Å². The minimum absolute atomic E-state index is 0.0676. The fourth-order valence-corrected chi connectivity index (χ4v) is 2.42. The molecule has 1 atom stereocenters. The molecule has 1 unspecified atom stereocenters. The van der Waals surface area contributed by atoms with Crippen LogP contribution in [0.5, 0.6) is 0 Å². The Hall–Kier alpha value is -1.14. The molecular weight excluding hydrogens is 256 g/mol. The van der Waals surface area contributed by atoms with Gasteiger partial charge in [-0.3, -0.25) is 9.35 Å². The van der Waals surface area contributed by atoms with Crippen LogP contribution in [0.1, 0.15) is 39.0 Å². The number of carbonyl (C=O) groups excluding carboxylic acids is 1. The van der Waals surface area contributed by atoms with Crippen molar-refractivity contribution in [2.75, 3.05) is 0 Å². The molecule has 0 saturated heterocycles. The Morgan fingerprint density at radius 2 is 2.11 bits per heavy atom. The Morgan fingerprint density at radius 3 is 2.61 bits per heavy atom. The van der Waals surface area contributed by atoms with Crippen LogP contribution in [0.25, 0.3) is 0 Å². The number of esters is 1. The lowest BCUT2D eigenvalue weighted by atomic mass is 10.1. The molecule has 0 aromatic rings. The molecule has 0 bridgehead atoms. The van der Waals surface area contributed by atoms with Gasteiger partial charge in [-0.2, -0.15) is 8.42 Å². The summed E-state index contributed by atoms with van der Waals surface area (Å²) >= 11 is 0. The van der Waals surface area contributed by atoms with Crippen molar-refractivity contribution in [1.29, 1.82) is 0 Å². The van der Waals surface area contributed by atoms with E-state index in [1.807, 2.05) is 6.92 Å². The molecule has 1 aliphatic rings. The van der Waals surface area contributed by atoms with E-state index < -0.39 is 21.0 Å². The minimum Gasteiger partial charge on any atom is -0.436 e. The average Bonchev–Trinajstić information content (AvgIpc) is 2.29. The number of unbranched alkanes of at least 4 members (excludes halogenated alkanes) is 2. The van der Waals surface area contributed by atoms with E-state index in [9.17, 15) is 17.8 Å². The van der Waals surface area contributed by atoms with Crippen molar-refractivity contribution < 1.29 is 22.5 Å². The van der Waals surface area contributed by atoms with E-state index in [1.165, 1.54) is 18.2 Å². The van der Waals surface area contributed by atoms with E-state index >= 15 is 0 Å². The molecule has 0 fully saturated rings. The van der Waals surface area contributed by atoms with Crippen LogP contribution >= 0.6 is 0 Å². The molecule has 1 rings (SSSR count). The van der Waals surface area contributed by atoms with E-state index in [1.54, 1.807) is 6.08 Å². The van der Waals surface area contributed by atoms with Gasteiger partial charge in [0.05, 0.1) is 0 Å². The van der Waals surface area contributed by atoms with Crippen LogP contribution in [-0.2, 0) is 19.6 Å². The van der Waals surface area contributed by atoms with Crippen molar-refractivity contribution in [3.05, 3.63) is 24.3 Å². The Morgan fingerprint density at radius 1 is 1.39 bits per heavy atom. The monoisotopic (exact) mass is 274 g/mol. The number of hydrogen-bond acceptors (Lipinski definition) is 4. The zero-order chi connectivity index (χ0) is 13.6. The molecule has 0 saturated carbocycles. The third-order valence-corrected chi connectivity index (χ3v) is 3.97. The maximum Gasteiger partial charge on any atom is 0.310 e. The normalized spacial score (nSPS) is 23.0. The summed E-state index contributed by atoms with van der Waals surface area (Å²) in [5.74, 6) is -0.610. The Bertz CT molecular complexity index is 449. The molecule has 0 radical (unpaired) electrons. The van der Waals surface area contributed by atoms with Crippen molar-refractivity contribution in [3.8, 4) is 0 Å². The molecule has 18 heavy (non-hydrogen) atoms. The van der Waals surface area contributed by atoms with Gasteiger partial charge in [-0.1, -0.05) is 38.0 Å². The fourth-order valence-electron chi connectivity index (χ4n) is 1.66. The molecule has 0 aliphatic heterocycles. The highest BCUT2D eigenvalue weighted by atomic mass is 32.2. The molecule has 0 spiro atoms. The van der Waals surface area contributed by atoms with Crippen LogP contribution in [0.2, 0.25) is 0 Å². The van der Waals surface area contributed by atoms with E-state index in [-0.39, 0.29) is 12.8 Å². The van der Waals surface area contributed by atoms with E-state index in [0.717, 1.165) is 12.8 Å². The second-order valence-electron chi connectivity index (χ2n) is 4.21. The zero-order valence-corrected chi connectivity index (χ0v) is 11.1. The average molecular weight is 274 g/mol. The minimum atomic E-state index is -4.49. The van der Waals surface area contributed by atoms with Gasteiger partial charge in [0.25, 0.3) is 4.93 Å². The summed E-state index contributed by atoms with van der Waals surface area (Å²) in [6.07, 6.45) is 8.38. The predicted molar refractivity (Wildman–Crippen MR) is 67.4 cm³/mol. The van der Waals surface area contributed by atoms with Gasteiger partial charge in [-0.25, -0.2) is 0 Å². The van der Waals surface area contributed by atoms with Gasteiger partial charge >= 0.3 is 16.1 Å². The van der Waals surface area contributed by atoms with Gasteiger partial charge in [-0.15, -0.1) is 0 Å². The Balaban J connectivity index is 2.73. The van der Waals surface area contributed by atoms with E-state index in [0.29, 0.717) is 6.42 Å². The number of carbonyl (C=O) groups is 1. The van der Waals surface area contributed by atoms with Gasteiger partial charge < -0.3 is 4.74 Å². The summed E-state index contributed by atoms with van der Waals surface area (Å²) in [6, 6.07) is 0. The molecule has 102 valence electrons. The standard InChI is InChI=1S/C12H18O5S/c1-2-3-5-8-11(13)17-12(18(14,15)16)9-6-4-7-10-12/h4,6-7,9H,2-3,5,8,10H2,1H3,(H,14,15,16). The Labute approximate surface area is 107 Å². The number of allylic oxidation sites excluding steroid dienone is 2. The summed E-state index contributed by atoms with van der Waals surface area (Å²) in [5, 5.41) is 0. The first-order valence-corrected chi connectivity index (χ1v) is 7.38. The lowest BCUT2D eigenvalue weighted by Crippen LogP contribution is -2.41. The zero-order valence-electron chi connectivity index (χ0n) is 10.3. The first kappa shape index (κ1) is 14.9. The summed E-state index contributed by atoms with van der Waals surface area (Å²) in [4.78, 5) is 9.63. The highest BCUT2D eigenvalue weighted by Crippen LogP contribution is 2.28. The quantitative estimate of drug-likeness (QED) is 0.456. The van der Waals surface area contributed by atoms with Crippen molar-refractivity contribution in [2.24, 2.45) is 0 Å². The lowest BCUT2D eigenvalue weighted by molar-refractivity contribution is -0.149. The van der Waals surface area contributed by atoms with Crippen LogP contribution in [0.3, 0.4) is 0 Å². The van der Waals surface area contributed by atoms with Crippen molar-refractivity contribution >= 4 is 16.1 Å². The molecule has 0 aromatic carbocycles. The highest BCUT2D eigenvalue weighted by Gasteiger charge is 2.44. The third-order valence-electron chi connectivity index (χ3n) is 2.71. The van der Waals surface area contributed by atoms with Gasteiger partial charge in [0, 0.05) is 12.8 Å². The first-order valence-electron chi connectivity index (χ1n) is 5.94. The van der Waals surface area contributed by atoms with Crippen LogP contribution in [0.4, 0.5) is 0 Å².